The fraction of sp³-hybridized carbons (Fsp3) is 0.654. The van der Waals surface area contributed by atoms with Gasteiger partial charge in [-0.15, -0.1) is 0 Å². The van der Waals surface area contributed by atoms with Gasteiger partial charge in [-0.1, -0.05) is 19.4 Å². The summed E-state index contributed by atoms with van der Waals surface area (Å²) in [5.74, 6) is 2.38. The van der Waals surface area contributed by atoms with Gasteiger partial charge in [-0.05, 0) is 91.2 Å². The van der Waals surface area contributed by atoms with E-state index in [0.29, 0.717) is 29.1 Å². The summed E-state index contributed by atoms with van der Waals surface area (Å²) in [6.45, 7) is 4.77. The third-order valence-electron chi connectivity index (χ3n) is 10.1. The van der Waals surface area contributed by atoms with Gasteiger partial charge >= 0.3 is 5.69 Å². The zero-order valence-corrected chi connectivity index (χ0v) is 19.5. The van der Waals surface area contributed by atoms with Crippen LogP contribution in [0.1, 0.15) is 63.6 Å². The van der Waals surface area contributed by atoms with Gasteiger partial charge in [-0.3, -0.25) is 9.36 Å². The van der Waals surface area contributed by atoms with E-state index in [1.807, 2.05) is 17.7 Å². The molecule has 6 nitrogen and oxygen atoms in total. The average Bonchev–Trinajstić information content (AvgIpc) is 3.06. The Morgan fingerprint density at radius 1 is 1.06 bits per heavy atom. The highest BCUT2D eigenvalue weighted by Gasteiger charge is 2.58. The molecule has 6 rings (SSSR count). The molecular formula is C26H33N3O3. The van der Waals surface area contributed by atoms with Gasteiger partial charge in [0.05, 0.1) is 11.7 Å². The molecule has 4 aliphatic carbocycles. The minimum Gasteiger partial charge on any atom is -0.393 e. The summed E-state index contributed by atoms with van der Waals surface area (Å²) < 4.78 is 3.04. The number of aliphatic hydroxyl groups excluding tert-OH is 1. The van der Waals surface area contributed by atoms with Crippen molar-refractivity contribution >= 4 is 6.08 Å². The number of allylic oxidation sites excluding steroid dienone is 1. The van der Waals surface area contributed by atoms with Crippen LogP contribution in [0.25, 0.3) is 17.5 Å². The largest absolute Gasteiger partial charge is 0.393 e. The van der Waals surface area contributed by atoms with E-state index in [-0.39, 0.29) is 22.5 Å². The van der Waals surface area contributed by atoms with E-state index in [1.165, 1.54) is 31.0 Å². The van der Waals surface area contributed by atoms with Crippen LogP contribution < -0.4 is 11.2 Å². The minimum atomic E-state index is -0.504. The Labute approximate surface area is 188 Å². The molecule has 0 bridgehead atoms. The molecule has 0 radical (unpaired) electrons. The Kier molecular flexibility index (Phi) is 4.10. The molecule has 0 spiro atoms. The van der Waals surface area contributed by atoms with Crippen LogP contribution >= 0.6 is 0 Å². The Morgan fingerprint density at radius 3 is 2.62 bits per heavy atom. The van der Waals surface area contributed by atoms with Crippen LogP contribution in [0.2, 0.25) is 0 Å². The quantitative estimate of drug-likeness (QED) is 0.690. The molecule has 0 aromatic heterocycles. The Balaban J connectivity index is 1.47. The maximum Gasteiger partial charge on any atom is 0.352 e. The van der Waals surface area contributed by atoms with E-state index in [2.05, 4.69) is 24.9 Å². The summed E-state index contributed by atoms with van der Waals surface area (Å²) in [6, 6.07) is 1.99. The van der Waals surface area contributed by atoms with Crippen molar-refractivity contribution in [1.82, 2.24) is 14.1 Å². The van der Waals surface area contributed by atoms with Crippen molar-refractivity contribution in [3.05, 3.63) is 43.7 Å². The number of hydrogen-bond donors (Lipinski definition) is 1. The van der Waals surface area contributed by atoms with E-state index in [1.54, 1.807) is 0 Å². The van der Waals surface area contributed by atoms with Gasteiger partial charge in [0.1, 0.15) is 0 Å². The summed E-state index contributed by atoms with van der Waals surface area (Å²) in [7, 11) is 3.42. The summed E-state index contributed by atoms with van der Waals surface area (Å²) in [5, 5.41) is 10.7. The fourth-order valence-corrected chi connectivity index (χ4v) is 8.22. The number of nitrogens with zero attached hydrogens (tertiary/aromatic N) is 3. The van der Waals surface area contributed by atoms with Crippen LogP contribution in [-0.4, -0.2) is 25.3 Å². The van der Waals surface area contributed by atoms with Gasteiger partial charge in [0.2, 0.25) is 0 Å². The van der Waals surface area contributed by atoms with Crippen LogP contribution in [0, 0.1) is 28.6 Å². The number of aliphatic hydroxyl groups is 1. The first-order valence-corrected chi connectivity index (χ1v) is 12.1. The maximum atomic E-state index is 12.8. The first-order chi connectivity index (χ1) is 15.1. The summed E-state index contributed by atoms with van der Waals surface area (Å²) in [5.41, 5.74) is 3.70. The van der Waals surface area contributed by atoms with Crippen LogP contribution in [0.4, 0.5) is 0 Å². The van der Waals surface area contributed by atoms with Crippen molar-refractivity contribution in [3.63, 3.8) is 0 Å². The smallest absolute Gasteiger partial charge is 0.352 e. The number of pyridine rings is 1. The minimum absolute atomic E-state index is 0.0852. The second kappa shape index (κ2) is 6.43. The Hall–Kier alpha value is -2.21. The van der Waals surface area contributed by atoms with Crippen LogP contribution in [0.15, 0.2) is 21.2 Å². The van der Waals surface area contributed by atoms with Gasteiger partial charge in [0, 0.05) is 19.8 Å². The molecule has 6 aliphatic rings. The van der Waals surface area contributed by atoms with E-state index < -0.39 is 5.69 Å². The highest BCUT2D eigenvalue weighted by molar-refractivity contribution is 5.67. The number of aromatic nitrogens is 3. The van der Waals surface area contributed by atoms with E-state index in [4.69, 9.17) is 0 Å². The number of rotatable bonds is 0. The molecule has 2 heterocycles. The molecule has 2 aliphatic heterocycles. The highest BCUT2D eigenvalue weighted by Crippen LogP contribution is 2.65. The van der Waals surface area contributed by atoms with E-state index in [9.17, 15) is 14.7 Å². The first-order valence-electron chi connectivity index (χ1n) is 12.1. The van der Waals surface area contributed by atoms with Crippen molar-refractivity contribution in [2.75, 3.05) is 0 Å². The molecule has 170 valence electrons. The van der Waals surface area contributed by atoms with Crippen molar-refractivity contribution in [1.29, 1.82) is 0 Å². The molecule has 0 aromatic rings. The molecule has 6 atom stereocenters. The van der Waals surface area contributed by atoms with Crippen molar-refractivity contribution in [2.24, 2.45) is 42.7 Å². The van der Waals surface area contributed by atoms with E-state index >= 15 is 0 Å². The summed E-state index contributed by atoms with van der Waals surface area (Å²) >= 11 is 0. The first kappa shape index (κ1) is 20.4. The van der Waals surface area contributed by atoms with Gasteiger partial charge in [-0.25, -0.2) is 4.79 Å². The molecule has 3 fully saturated rings. The van der Waals surface area contributed by atoms with Crippen LogP contribution in [0.5, 0.6) is 0 Å². The molecule has 0 unspecified atom stereocenters. The van der Waals surface area contributed by atoms with Gasteiger partial charge in [0.25, 0.3) is 5.56 Å². The molecule has 32 heavy (non-hydrogen) atoms. The van der Waals surface area contributed by atoms with Crippen LogP contribution in [0.3, 0.4) is 0 Å². The standard InChI is InChI=1S/C26H33N3O3/c1-25-10-9-19-16(18(25)7-8-21(25)30)6-5-15-12-20-14(13-26(15,19)2)11-17-22(28(20)3)27-24(32)29(4)23(17)31/h11-12,16,18-19,21,30H,5-10,13H2,1-4H3/t16-,18-,19-,21-,25-,26-/m0/s1. The maximum absolute atomic E-state index is 12.8. The van der Waals surface area contributed by atoms with Crippen molar-refractivity contribution in [2.45, 2.75) is 64.9 Å². The fourth-order valence-electron chi connectivity index (χ4n) is 8.22. The monoisotopic (exact) mass is 435 g/mol. The SMILES string of the molecule is Cn1c2nc(=O)n(C)c(=O)c-2cc2c1C=C1CC[C@H]3[C@@H]4CC[C@H](O)[C@@]4(C)CC[C@@H]3[C@@]1(C)C2. The second-order valence-electron chi connectivity index (χ2n) is 11.4. The zero-order valence-electron chi connectivity index (χ0n) is 19.5. The van der Waals surface area contributed by atoms with Crippen LogP contribution in [-0.2, 0) is 20.5 Å². The van der Waals surface area contributed by atoms with Crippen molar-refractivity contribution in [3.8, 4) is 11.4 Å². The predicted molar refractivity (Wildman–Crippen MR) is 123 cm³/mol. The highest BCUT2D eigenvalue weighted by atomic mass is 16.3. The van der Waals surface area contributed by atoms with Gasteiger partial charge < -0.3 is 9.67 Å². The Bertz CT molecular complexity index is 1260. The predicted octanol–water partition coefficient (Wildman–Crippen LogP) is 3.13. The second-order valence-corrected chi connectivity index (χ2v) is 11.4. The topological polar surface area (TPSA) is 77.1 Å². The molecule has 0 amide bonds. The summed E-state index contributed by atoms with van der Waals surface area (Å²) in [4.78, 5) is 29.2. The zero-order chi connectivity index (χ0) is 22.6. The van der Waals surface area contributed by atoms with Crippen molar-refractivity contribution < 1.29 is 5.11 Å². The number of hydrogen-bond acceptors (Lipinski definition) is 4. The molecule has 6 heteroatoms. The molecule has 0 aromatic carbocycles. The normalized spacial score (nSPS) is 38.0. The van der Waals surface area contributed by atoms with E-state index in [0.717, 1.165) is 42.4 Å². The average molecular weight is 436 g/mol. The molecule has 1 N–H and O–H groups in total. The third-order valence-corrected chi connectivity index (χ3v) is 10.1. The molecular weight excluding hydrogens is 402 g/mol. The molecule has 3 saturated carbocycles. The summed E-state index contributed by atoms with van der Waals surface area (Å²) in [6.07, 6.45) is 9.78. The van der Waals surface area contributed by atoms with Gasteiger partial charge in [-0.2, -0.15) is 4.98 Å². The third kappa shape index (κ3) is 2.42. The molecule has 0 saturated heterocycles. The lowest BCUT2D eigenvalue weighted by Crippen LogP contribution is -2.51. The van der Waals surface area contributed by atoms with Gasteiger partial charge in [0.15, 0.2) is 5.82 Å². The lowest BCUT2D eigenvalue weighted by Gasteiger charge is -2.58. The number of fused-ring (bicyclic) bond motifs is 7. The Morgan fingerprint density at radius 2 is 1.84 bits per heavy atom. The lowest BCUT2D eigenvalue weighted by atomic mass is 9.47. The lowest BCUT2D eigenvalue weighted by molar-refractivity contribution is -0.0704.